The van der Waals surface area contributed by atoms with E-state index in [1.165, 1.54) is 103 Å². The Labute approximate surface area is 376 Å². The number of esters is 2. The van der Waals surface area contributed by atoms with Crippen molar-refractivity contribution in [3.63, 3.8) is 0 Å². The Bertz CT molecular complexity index is 1040. The van der Waals surface area contributed by atoms with E-state index in [0.29, 0.717) is 19.4 Å². The van der Waals surface area contributed by atoms with Crippen molar-refractivity contribution >= 4 is 17.8 Å². The van der Waals surface area contributed by atoms with Gasteiger partial charge in [-0.05, 0) is 83.0 Å². The quantitative estimate of drug-likeness (QED) is 0.0267. The first-order chi connectivity index (χ1) is 29.1. The summed E-state index contributed by atoms with van der Waals surface area (Å²) in [7, 11) is 0. The SMILES string of the molecule is C.CCCCCCCC/C=C\CCCCCCCC(=O)OCC(CONOCCNC(=O)C(C)OCCC(C)(C)C)OC(=O)CCCCCCC/C=C\CCCCCCCC. The molecule has 0 heterocycles. The van der Waals surface area contributed by atoms with Gasteiger partial charge in [-0.15, -0.1) is 0 Å². The van der Waals surface area contributed by atoms with Gasteiger partial charge in [0.1, 0.15) is 19.3 Å². The van der Waals surface area contributed by atoms with Crippen LogP contribution < -0.4 is 11.0 Å². The fraction of sp³-hybridized carbons (Fsp3) is 0.863. The first-order valence-corrected chi connectivity index (χ1v) is 24.6. The molecule has 10 heteroatoms. The number of carbonyl (C=O) groups is 3. The van der Waals surface area contributed by atoms with Crippen LogP contribution in [0.4, 0.5) is 0 Å². The van der Waals surface area contributed by atoms with Gasteiger partial charge in [-0.3, -0.25) is 24.1 Å². The van der Waals surface area contributed by atoms with Crippen LogP contribution in [0, 0.1) is 5.41 Å². The molecule has 0 aromatic carbocycles. The average molecular weight is 867 g/mol. The Morgan fingerprint density at radius 2 is 1.00 bits per heavy atom. The smallest absolute Gasteiger partial charge is 0.306 e. The second-order valence-corrected chi connectivity index (χ2v) is 17.8. The van der Waals surface area contributed by atoms with Gasteiger partial charge in [0.2, 0.25) is 5.91 Å². The Kier molecular flexibility index (Phi) is 45.6. The molecule has 0 bridgehead atoms. The summed E-state index contributed by atoms with van der Waals surface area (Å²) < 4.78 is 16.8. The first kappa shape index (κ1) is 60.8. The summed E-state index contributed by atoms with van der Waals surface area (Å²) in [6, 6.07) is 0. The van der Waals surface area contributed by atoms with Gasteiger partial charge in [0.05, 0.1) is 6.61 Å². The van der Waals surface area contributed by atoms with E-state index in [4.69, 9.17) is 23.9 Å². The van der Waals surface area contributed by atoms with Crippen molar-refractivity contribution < 1.29 is 38.3 Å². The molecule has 1 amide bonds. The Morgan fingerprint density at radius 1 is 0.557 bits per heavy atom. The van der Waals surface area contributed by atoms with E-state index < -0.39 is 12.2 Å². The largest absolute Gasteiger partial charge is 0.462 e. The third kappa shape index (κ3) is 47.1. The van der Waals surface area contributed by atoms with Crippen LogP contribution in [0.2, 0.25) is 0 Å². The van der Waals surface area contributed by atoms with E-state index in [9.17, 15) is 14.4 Å². The van der Waals surface area contributed by atoms with Gasteiger partial charge in [0.15, 0.2) is 6.10 Å². The van der Waals surface area contributed by atoms with Crippen LogP contribution in [-0.2, 0) is 38.3 Å². The average Bonchev–Trinajstić information content (AvgIpc) is 3.21. The third-order valence-corrected chi connectivity index (χ3v) is 10.5. The summed E-state index contributed by atoms with van der Waals surface area (Å²) in [5.74, 6) is -0.852. The minimum absolute atomic E-state index is 0. The van der Waals surface area contributed by atoms with Crippen molar-refractivity contribution in [3.05, 3.63) is 24.3 Å². The number of hydrogen-bond acceptors (Lipinski definition) is 9. The van der Waals surface area contributed by atoms with Crippen LogP contribution in [0.25, 0.3) is 0 Å². The zero-order valence-electron chi connectivity index (χ0n) is 39.8. The lowest BCUT2D eigenvalue weighted by Crippen LogP contribution is -2.38. The summed E-state index contributed by atoms with van der Waals surface area (Å²) in [5.41, 5.74) is 2.53. The number of carbonyl (C=O) groups excluding carboxylic acids is 3. The zero-order chi connectivity index (χ0) is 44.2. The topological polar surface area (TPSA) is 121 Å². The highest BCUT2D eigenvalue weighted by Crippen LogP contribution is 2.18. The fourth-order valence-corrected chi connectivity index (χ4v) is 6.50. The van der Waals surface area contributed by atoms with Gasteiger partial charge in [-0.25, -0.2) is 0 Å². The molecule has 0 saturated carbocycles. The van der Waals surface area contributed by atoms with Gasteiger partial charge in [0, 0.05) is 26.0 Å². The third-order valence-electron chi connectivity index (χ3n) is 10.5. The van der Waals surface area contributed by atoms with Crippen molar-refractivity contribution in [2.45, 2.75) is 247 Å². The van der Waals surface area contributed by atoms with Gasteiger partial charge in [0.25, 0.3) is 0 Å². The van der Waals surface area contributed by atoms with Crippen molar-refractivity contribution in [1.29, 1.82) is 0 Å². The lowest BCUT2D eigenvalue weighted by Gasteiger charge is -2.20. The van der Waals surface area contributed by atoms with Crippen molar-refractivity contribution in [1.82, 2.24) is 11.0 Å². The monoisotopic (exact) mass is 867 g/mol. The molecule has 0 aromatic heterocycles. The lowest BCUT2D eigenvalue weighted by molar-refractivity contribution is -0.197. The Balaban J connectivity index is 0. The van der Waals surface area contributed by atoms with E-state index in [2.05, 4.69) is 69.9 Å². The molecule has 2 unspecified atom stereocenters. The van der Waals surface area contributed by atoms with E-state index >= 15 is 0 Å². The molecule has 0 spiro atoms. The van der Waals surface area contributed by atoms with Crippen molar-refractivity contribution in [3.8, 4) is 0 Å². The fourth-order valence-electron chi connectivity index (χ4n) is 6.50. The lowest BCUT2D eigenvalue weighted by atomic mass is 9.93. The molecule has 360 valence electrons. The number of hydrogen-bond donors (Lipinski definition) is 2. The number of amides is 1. The second-order valence-electron chi connectivity index (χ2n) is 17.8. The van der Waals surface area contributed by atoms with Crippen LogP contribution in [0.1, 0.15) is 235 Å². The van der Waals surface area contributed by atoms with E-state index in [0.717, 1.165) is 70.6 Å². The van der Waals surface area contributed by atoms with E-state index in [1.54, 1.807) is 6.92 Å². The minimum Gasteiger partial charge on any atom is -0.462 e. The standard InChI is InChI=1S/C50H94N2O8.CH4/c1-7-9-11-13-15-17-19-21-23-25-27-29-31-33-35-37-47(53)57-43-46(44-59-52-58-42-40-51-49(55)45(3)56-41-39-50(4,5)6)60-48(54)38-36-34-32-30-28-26-24-22-20-18-16-14-12-10-8-2;/h21-24,45-46,52H,7-20,25-44H2,1-6H3,(H,51,55);1H4/b23-21-,24-22-;. The van der Waals surface area contributed by atoms with E-state index in [1.807, 2.05) is 0 Å². The molecule has 0 aromatic rings. The van der Waals surface area contributed by atoms with Crippen LogP contribution >= 0.6 is 0 Å². The molecule has 0 saturated heterocycles. The summed E-state index contributed by atoms with van der Waals surface area (Å²) in [5, 5.41) is 2.77. The first-order valence-electron chi connectivity index (χ1n) is 24.6. The molecule has 2 N–H and O–H groups in total. The number of ether oxygens (including phenoxy) is 3. The Hall–Kier alpha value is -2.27. The number of rotatable bonds is 44. The Morgan fingerprint density at radius 3 is 1.48 bits per heavy atom. The molecule has 0 aliphatic rings. The van der Waals surface area contributed by atoms with Gasteiger partial charge < -0.3 is 19.5 Å². The minimum atomic E-state index is -0.777. The predicted octanol–water partition coefficient (Wildman–Crippen LogP) is 13.6. The van der Waals surface area contributed by atoms with Crippen LogP contribution in [0.5, 0.6) is 0 Å². The molecular weight excluding hydrogens is 769 g/mol. The second kappa shape index (κ2) is 45.7. The van der Waals surface area contributed by atoms with Gasteiger partial charge in [-0.2, -0.15) is 0 Å². The summed E-state index contributed by atoms with van der Waals surface area (Å²) in [6.07, 6.45) is 40.5. The molecule has 0 aliphatic carbocycles. The maximum Gasteiger partial charge on any atom is 0.306 e. The zero-order valence-corrected chi connectivity index (χ0v) is 39.8. The highest BCUT2D eigenvalue weighted by atomic mass is 16.9. The number of nitrogens with one attached hydrogen (secondary N) is 2. The molecular formula is C51H98N2O8. The van der Waals surface area contributed by atoms with E-state index in [-0.39, 0.29) is 57.1 Å². The summed E-state index contributed by atoms with van der Waals surface area (Å²) in [4.78, 5) is 48.3. The van der Waals surface area contributed by atoms with Crippen LogP contribution in [0.3, 0.4) is 0 Å². The molecule has 2 atom stereocenters. The molecule has 61 heavy (non-hydrogen) atoms. The molecule has 0 fully saturated rings. The number of unbranched alkanes of at least 4 members (excludes halogenated alkanes) is 22. The van der Waals surface area contributed by atoms with Gasteiger partial charge in [-0.1, -0.05) is 175 Å². The van der Waals surface area contributed by atoms with Crippen molar-refractivity contribution in [2.24, 2.45) is 5.41 Å². The molecule has 0 aliphatic heterocycles. The maximum absolute atomic E-state index is 12.7. The van der Waals surface area contributed by atoms with Crippen LogP contribution in [0.15, 0.2) is 24.3 Å². The molecule has 0 rings (SSSR count). The maximum atomic E-state index is 12.7. The molecule has 0 radical (unpaired) electrons. The predicted molar refractivity (Wildman–Crippen MR) is 254 cm³/mol. The van der Waals surface area contributed by atoms with Gasteiger partial charge >= 0.3 is 11.9 Å². The van der Waals surface area contributed by atoms with Crippen LogP contribution in [-0.4, -0.2) is 63.0 Å². The number of allylic oxidation sites excluding steroid dienone is 4. The van der Waals surface area contributed by atoms with Crippen molar-refractivity contribution in [2.75, 3.05) is 33.0 Å². The highest BCUT2D eigenvalue weighted by molar-refractivity contribution is 5.80. The summed E-state index contributed by atoms with van der Waals surface area (Å²) >= 11 is 0. The normalized spacial score (nSPS) is 12.8. The summed E-state index contributed by atoms with van der Waals surface area (Å²) in [6.45, 7) is 13.4. The molecule has 10 nitrogen and oxygen atoms in total. The highest BCUT2D eigenvalue weighted by Gasteiger charge is 2.19.